The highest BCUT2D eigenvalue weighted by Crippen LogP contribution is 2.61. The summed E-state index contributed by atoms with van der Waals surface area (Å²) < 4.78 is 66.0. The number of ether oxygens (including phenoxy) is 4. The van der Waals surface area contributed by atoms with Crippen molar-refractivity contribution in [3.05, 3.63) is 194 Å². The van der Waals surface area contributed by atoms with Crippen LogP contribution in [0.1, 0.15) is 53.5 Å². The van der Waals surface area contributed by atoms with Gasteiger partial charge in [-0.1, -0.05) is 81.7 Å². The Morgan fingerprint density at radius 1 is 0.570 bits per heavy atom. The van der Waals surface area contributed by atoms with Crippen molar-refractivity contribution in [3.63, 3.8) is 0 Å². The van der Waals surface area contributed by atoms with Gasteiger partial charge < -0.3 is 61.1 Å². The molecule has 0 spiro atoms. The lowest BCUT2D eigenvalue weighted by Gasteiger charge is -2.26. The molecule has 0 amide bonds. The van der Waals surface area contributed by atoms with Crippen LogP contribution in [0, 0.1) is 6.92 Å². The number of rotatable bonds is 17. The monoisotopic (exact) mass is 1930 g/mol. The molecule has 0 aliphatic carbocycles. The van der Waals surface area contributed by atoms with Crippen molar-refractivity contribution < 1.29 is 71.1 Å². The summed E-state index contributed by atoms with van der Waals surface area (Å²) in [6.45, 7) is 24.3. The predicted molar refractivity (Wildman–Crippen MR) is 489 cm³/mol. The Bertz CT molecular complexity index is 5320. The van der Waals surface area contributed by atoms with Gasteiger partial charge in [0.25, 0.3) is 0 Å². The number of hydrogen-bond donors (Lipinski definition) is 11. The lowest BCUT2D eigenvalue weighted by molar-refractivity contribution is -0.147. The highest BCUT2D eigenvalue weighted by atomic mass is 36.0. The molecule has 0 saturated carbocycles. The summed E-state index contributed by atoms with van der Waals surface area (Å²) in [5.41, 5.74) is 10.3. The molecule has 2 aliphatic heterocycles. The third-order valence-electron chi connectivity index (χ3n) is 15.2. The smallest absolute Gasteiger partial charge is 0.394 e. The quantitative estimate of drug-likeness (QED) is 0.0101. The van der Waals surface area contributed by atoms with Crippen LogP contribution in [-0.2, 0) is 34.0 Å². The number of anilines is 4. The number of aromatic nitrogens is 10. The Morgan fingerprint density at radius 2 is 0.967 bits per heavy atom. The zero-order valence-corrected chi connectivity index (χ0v) is 76.4. The van der Waals surface area contributed by atoms with Crippen LogP contribution < -0.4 is 31.2 Å². The van der Waals surface area contributed by atoms with E-state index < -0.39 is 34.0 Å². The van der Waals surface area contributed by atoms with E-state index in [0.717, 1.165) is 139 Å². The van der Waals surface area contributed by atoms with Gasteiger partial charge >= 0.3 is 27.5 Å². The summed E-state index contributed by atoms with van der Waals surface area (Å²) in [5, 5.41) is 62.5. The standard InChI is InChI=1S/C21H26ClN5O2.C15H15ClN4O.C10H7Cl2NO.C9H5Cl2NO.C7H9N.C6H12ClNO.C6H11N3.C3H4O4.Cl3OP.ClH.H2O4S/c1-15(2)23-20-5-6-27(25-20)21-14-18(22)17-4-3-16(13-19(17)24-21)29-12-9-26-7-10-28-11-8-26;1-9(2)17-14-5-6-20(19-14)15-8-12(16)11-4-3-10(21)7-13(11)18-15;1-14-6-2-3-7-8(11)5-10(12)13-9(7)4-6;10-7-4-9(11)12-8-3-5(13)1-2-6(7)8;1-6-3-2-4-7(8)5-6;7-1-2-8-3-5-9-6-4-8;1-5(2)8-6-3-4-7-9-6;4-2(5)1-3(6)7;1-5(2,3)4;;1-5(2,3)4/h3-6,13-15H,7-12H2,1-2H3,(H,23,25);3-9,21H,1-2H3,(H,17,19);2-5H,1H3;1-4,13H;2-5H,8H2,1H3;1-6H2;3-5H,1-2H3,(H2,7,8,9);1H2,(H,4,5)(H,6,7);;1H;(H2,1,2,3,4). The normalized spacial score (nSPS) is 12.4. The lowest BCUT2D eigenvalue weighted by Crippen LogP contribution is -2.38. The number of pyridine rings is 4. The molecule has 0 bridgehead atoms. The minimum absolute atomic E-state index is 0. The van der Waals surface area contributed by atoms with E-state index in [9.17, 15) is 24.4 Å². The Hall–Kier alpha value is -8.16. The van der Waals surface area contributed by atoms with Gasteiger partial charge in [0.15, 0.2) is 11.6 Å². The number of phenols is 2. The minimum atomic E-state index is -4.67. The Kier molecular flexibility index (Phi) is 46.7. The average Bonchev–Trinajstić information content (AvgIpc) is 1.80. The number of alkyl halides is 1. The van der Waals surface area contributed by atoms with Crippen LogP contribution in [0.15, 0.2) is 158 Å². The van der Waals surface area contributed by atoms with Crippen molar-refractivity contribution >= 4 is 222 Å². The molecule has 658 valence electrons. The molecule has 31 nitrogen and oxygen atoms in total. The summed E-state index contributed by atoms with van der Waals surface area (Å²) >= 11 is 55.6. The van der Waals surface area contributed by atoms with E-state index in [0.29, 0.717) is 77.8 Å². The lowest BCUT2D eigenvalue weighted by atomic mass is 10.2. The predicted octanol–water partition coefficient (Wildman–Crippen LogP) is 19.5. The van der Waals surface area contributed by atoms with Gasteiger partial charge in [-0.15, -0.1) is 34.2 Å². The van der Waals surface area contributed by atoms with Crippen LogP contribution in [0.4, 0.5) is 23.1 Å². The fourth-order valence-electron chi connectivity index (χ4n) is 10.2. The number of aryl methyl sites for hydroxylation is 1. The summed E-state index contributed by atoms with van der Waals surface area (Å²) in [5.74, 6) is 3.78. The number of aromatic amines is 1. The van der Waals surface area contributed by atoms with Crippen molar-refractivity contribution in [3.8, 4) is 34.6 Å². The van der Waals surface area contributed by atoms with Crippen molar-refractivity contribution in [2.45, 2.75) is 73.0 Å². The number of nitrogens with two attached hydrogens (primary N) is 1. The van der Waals surface area contributed by atoms with Gasteiger partial charge in [0.2, 0.25) is 0 Å². The molecule has 0 radical (unpaired) electrons. The van der Waals surface area contributed by atoms with Gasteiger partial charge in [-0.05, 0) is 167 Å². The van der Waals surface area contributed by atoms with Gasteiger partial charge in [0.1, 0.15) is 63.8 Å². The third kappa shape index (κ3) is 42.7. The van der Waals surface area contributed by atoms with E-state index >= 15 is 0 Å². The fraction of sp³-hybridized carbons (Fsp3) is 0.312. The zero-order valence-electron chi connectivity index (χ0n) is 66.3. The molecule has 5 aromatic carbocycles. The largest absolute Gasteiger partial charge is 0.508 e. The highest BCUT2D eigenvalue weighted by molar-refractivity contribution is 8.24. The van der Waals surface area contributed by atoms with Crippen molar-refractivity contribution in [1.29, 1.82) is 0 Å². The molecular weight excluding hydrogens is 1840 g/mol. The maximum atomic E-state index is 9.57. The first-order chi connectivity index (χ1) is 56.6. The Balaban J connectivity index is 0.000000298. The van der Waals surface area contributed by atoms with Gasteiger partial charge in [-0.2, -0.15) is 13.5 Å². The number of H-pyrrole nitrogens is 1. The number of carboxylic acid groups (broad SMARTS) is 2. The summed E-state index contributed by atoms with van der Waals surface area (Å²) in [4.78, 5) is 40.9. The number of methoxy groups -OCH3 is 1. The second-order valence-corrected chi connectivity index (χ2v) is 36.4. The van der Waals surface area contributed by atoms with Gasteiger partial charge in [0, 0.05) is 151 Å². The number of morpholine rings is 2. The van der Waals surface area contributed by atoms with E-state index in [1.807, 2.05) is 112 Å². The van der Waals surface area contributed by atoms with E-state index in [1.165, 1.54) is 11.6 Å². The number of aliphatic carboxylic acids is 2. The molecule has 2 saturated heterocycles. The maximum Gasteiger partial charge on any atom is 0.394 e. The topological polar surface area (TPSA) is 428 Å². The number of nitrogens with one attached hydrogen (secondary N) is 4. The second kappa shape index (κ2) is 53.8. The van der Waals surface area contributed by atoms with E-state index in [2.05, 4.69) is 123 Å². The first-order valence-corrected chi connectivity index (χ1v) is 44.7. The average molecular weight is 1930 g/mol. The second-order valence-electron chi connectivity index (χ2n) is 26.1. The number of aromatic hydroxyl groups is 2. The summed E-state index contributed by atoms with van der Waals surface area (Å²) in [6, 6.07) is 42.4. The van der Waals surface area contributed by atoms with E-state index in [-0.39, 0.29) is 23.9 Å². The van der Waals surface area contributed by atoms with Crippen molar-refractivity contribution in [2.75, 3.05) is 107 Å². The van der Waals surface area contributed by atoms with Crippen LogP contribution in [-0.4, -0.2) is 213 Å². The number of carbonyl (C=O) groups is 2. The molecule has 121 heavy (non-hydrogen) atoms. The molecule has 12 N–H and O–H groups in total. The first kappa shape index (κ1) is 105. The molecule has 9 heterocycles. The molecule has 2 fully saturated rings. The van der Waals surface area contributed by atoms with Gasteiger partial charge in [-0.3, -0.25) is 38.2 Å². The molecular formula is C77H92Cl11N16O15PS. The summed E-state index contributed by atoms with van der Waals surface area (Å²) in [7, 11) is -3.06. The number of phenolic OH excluding ortho intramolecular Hbond substituents is 2. The fourth-order valence-corrected chi connectivity index (χ4v) is 12.0. The van der Waals surface area contributed by atoms with E-state index in [4.69, 9.17) is 139 Å². The van der Waals surface area contributed by atoms with Gasteiger partial charge in [-0.25, -0.2) is 29.3 Å². The number of carboxylic acids is 2. The number of nitrogen functional groups attached to an aromatic ring is 1. The maximum absolute atomic E-state index is 9.57. The Labute approximate surface area is 755 Å². The number of benzene rings is 5. The number of nitrogens with zero attached hydrogens (tertiary/aromatic N) is 11. The molecule has 14 rings (SSSR count). The SMILES string of the molecule is CC(C)Nc1ccn(-c2cc(Cl)c3ccc(O)cc3n2)n1.CC(C)Nc1ccn(-c2cc(Cl)c3ccc(OCCN4CCOCC4)cc3n2)n1.CC(C)Nc1ccn[nH]1.COc1ccc2c(Cl)cc(Cl)nc2c1.Cc1cccc(N)c1.Cl.ClCCN1CCOCC1.O=C(O)CC(=O)O.O=P(Cl)(Cl)Cl.O=S(=O)(O)O.Oc1ccc2c(Cl)cc(Cl)nc2c1. The summed E-state index contributed by atoms with van der Waals surface area (Å²) in [6.07, 6.45) is 4.61. The highest BCUT2D eigenvalue weighted by Gasteiger charge is 2.15. The zero-order chi connectivity index (χ0) is 88.8. The molecule has 44 heteroatoms. The number of hydrogen-bond acceptors (Lipinski definition) is 24. The number of fused-ring (bicyclic) bond motifs is 4. The molecule has 0 atom stereocenters. The molecule has 12 aromatic rings. The van der Waals surface area contributed by atoms with Crippen LogP contribution in [0.2, 0.25) is 30.4 Å². The molecule has 2 aliphatic rings. The molecule has 7 aromatic heterocycles. The van der Waals surface area contributed by atoms with Crippen molar-refractivity contribution in [1.82, 2.24) is 59.5 Å². The van der Waals surface area contributed by atoms with Crippen LogP contribution in [0.5, 0.6) is 23.0 Å². The minimum Gasteiger partial charge on any atom is -0.508 e. The van der Waals surface area contributed by atoms with Crippen LogP contribution in [0.25, 0.3) is 55.2 Å². The van der Waals surface area contributed by atoms with Crippen molar-refractivity contribution in [2.24, 2.45) is 0 Å². The van der Waals surface area contributed by atoms with Gasteiger partial charge in [0.05, 0.1) is 81.9 Å². The first-order valence-electron chi connectivity index (χ1n) is 36.1. The molecule has 0 unspecified atom stereocenters. The van der Waals surface area contributed by atoms with E-state index in [1.54, 1.807) is 77.3 Å². The van der Waals surface area contributed by atoms with Crippen LogP contribution in [0.3, 0.4) is 0 Å². The Morgan fingerprint density at radius 3 is 1.35 bits per heavy atom. The third-order valence-corrected chi connectivity index (χ3v) is 17.0. The number of halogens is 11. The van der Waals surface area contributed by atoms with Crippen LogP contribution >= 0.6 is 133 Å².